The molecule has 0 amide bonds. The maximum atomic E-state index is 2.34. The smallest absolute Gasteiger partial charge is 0.0250 e. The van der Waals surface area contributed by atoms with E-state index < -0.39 is 0 Å². The zero-order valence-corrected chi connectivity index (χ0v) is 12.3. The van der Waals surface area contributed by atoms with Gasteiger partial charge in [-0.2, -0.15) is 0 Å². The Kier molecular flexibility index (Phi) is 15.3. The second-order valence-electron chi connectivity index (χ2n) is 4.55. The van der Waals surface area contributed by atoms with E-state index in [-0.39, 0.29) is 0 Å². The maximum absolute atomic E-state index is 2.34. The molecule has 0 saturated heterocycles. The molecule has 1 radical (unpaired) electrons. The molecule has 16 heavy (non-hydrogen) atoms. The van der Waals surface area contributed by atoms with Crippen molar-refractivity contribution in [3.63, 3.8) is 0 Å². The Hall–Kier alpha value is 0.170. The van der Waals surface area contributed by atoms with E-state index in [4.69, 9.17) is 0 Å². The van der Waals surface area contributed by atoms with Gasteiger partial charge in [-0.25, -0.2) is 0 Å². The van der Waals surface area contributed by atoms with Crippen LogP contribution >= 0.6 is 8.58 Å². The second-order valence-corrected chi connectivity index (χ2v) is 5.67. The Morgan fingerprint density at radius 3 is 2.00 bits per heavy atom. The van der Waals surface area contributed by atoms with Crippen LogP contribution in [0.1, 0.15) is 78.1 Å². The zero-order chi connectivity index (χ0) is 11.9. The fraction of sp³-hybridized carbons (Fsp3) is 0.867. The summed E-state index contributed by atoms with van der Waals surface area (Å²) in [6, 6.07) is 0. The van der Waals surface area contributed by atoms with Crippen LogP contribution in [0.5, 0.6) is 0 Å². The quantitative estimate of drug-likeness (QED) is 0.274. The van der Waals surface area contributed by atoms with Gasteiger partial charge in [0, 0.05) is 0 Å². The summed E-state index contributed by atoms with van der Waals surface area (Å²) >= 11 is 0. The molecular formula is C15H30P. The van der Waals surface area contributed by atoms with Crippen molar-refractivity contribution in [1.29, 1.82) is 0 Å². The van der Waals surface area contributed by atoms with E-state index in [0.29, 0.717) is 0 Å². The maximum Gasteiger partial charge on any atom is -0.0250 e. The molecule has 95 valence electrons. The molecule has 0 heterocycles. The van der Waals surface area contributed by atoms with Crippen LogP contribution in [-0.4, -0.2) is 6.16 Å². The second kappa shape index (κ2) is 15.2. The van der Waals surface area contributed by atoms with Gasteiger partial charge in [0.15, 0.2) is 0 Å². The molecule has 0 aromatic carbocycles. The lowest BCUT2D eigenvalue weighted by atomic mass is 10.1. The molecule has 0 aliphatic rings. The number of hydrogen-bond acceptors (Lipinski definition) is 0. The normalized spacial score (nSPS) is 12.1. The first-order valence-corrected chi connectivity index (χ1v) is 8.38. The summed E-state index contributed by atoms with van der Waals surface area (Å²) in [7, 11) is 1.53. The third kappa shape index (κ3) is 14.2. The lowest BCUT2D eigenvalue weighted by Crippen LogP contribution is -1.81. The van der Waals surface area contributed by atoms with E-state index in [0.717, 1.165) is 0 Å². The van der Waals surface area contributed by atoms with Crippen molar-refractivity contribution >= 4 is 8.58 Å². The zero-order valence-electron chi connectivity index (χ0n) is 11.4. The first-order chi connectivity index (χ1) is 7.91. The average molecular weight is 241 g/mol. The van der Waals surface area contributed by atoms with Crippen LogP contribution in [0.25, 0.3) is 0 Å². The van der Waals surface area contributed by atoms with Crippen LogP contribution in [0, 0.1) is 0 Å². The monoisotopic (exact) mass is 241 g/mol. The topological polar surface area (TPSA) is 0 Å². The lowest BCUT2D eigenvalue weighted by Gasteiger charge is -2.00. The minimum atomic E-state index is 1.25. The highest BCUT2D eigenvalue weighted by molar-refractivity contribution is 7.41. The molecule has 0 aliphatic carbocycles. The first-order valence-electron chi connectivity index (χ1n) is 7.23. The molecule has 0 atom stereocenters. The van der Waals surface area contributed by atoms with E-state index in [1.165, 1.54) is 79.0 Å². The highest BCUT2D eigenvalue weighted by Crippen LogP contribution is 2.16. The van der Waals surface area contributed by atoms with Gasteiger partial charge in [0.1, 0.15) is 0 Å². The summed E-state index contributed by atoms with van der Waals surface area (Å²) in [6.07, 6.45) is 17.7. The van der Waals surface area contributed by atoms with Crippen LogP contribution in [0.3, 0.4) is 0 Å². The SMILES string of the molecule is CCC/C=C/[P]CCCCCCCCCC. The van der Waals surface area contributed by atoms with Crippen molar-refractivity contribution in [3.8, 4) is 0 Å². The van der Waals surface area contributed by atoms with Crippen LogP contribution in [0.15, 0.2) is 11.9 Å². The lowest BCUT2D eigenvalue weighted by molar-refractivity contribution is 0.586. The van der Waals surface area contributed by atoms with Gasteiger partial charge in [0.2, 0.25) is 0 Å². The minimum absolute atomic E-state index is 1.25. The standard InChI is InChI=1S/C15H30P/c1-3-5-7-8-9-10-11-13-15-16-14-12-6-4-2/h12,14H,3-11,13,15H2,1-2H3/b14-12+. The minimum Gasteiger partial charge on any atom is -0.0837 e. The van der Waals surface area contributed by atoms with Gasteiger partial charge in [-0.1, -0.05) is 85.7 Å². The van der Waals surface area contributed by atoms with Gasteiger partial charge < -0.3 is 0 Å². The van der Waals surface area contributed by atoms with Crippen molar-refractivity contribution in [2.24, 2.45) is 0 Å². The fourth-order valence-electron chi connectivity index (χ4n) is 1.73. The van der Waals surface area contributed by atoms with Crippen molar-refractivity contribution in [1.82, 2.24) is 0 Å². The van der Waals surface area contributed by atoms with Gasteiger partial charge >= 0.3 is 0 Å². The largest absolute Gasteiger partial charge is 0.0837 e. The van der Waals surface area contributed by atoms with Gasteiger partial charge in [0.05, 0.1) is 0 Å². The van der Waals surface area contributed by atoms with E-state index in [1.807, 2.05) is 0 Å². The summed E-state index contributed by atoms with van der Waals surface area (Å²) in [5, 5.41) is 0. The summed E-state index contributed by atoms with van der Waals surface area (Å²) in [5.41, 5.74) is 0. The van der Waals surface area contributed by atoms with E-state index in [2.05, 4.69) is 25.7 Å². The molecule has 0 saturated carbocycles. The van der Waals surface area contributed by atoms with Crippen molar-refractivity contribution in [3.05, 3.63) is 11.9 Å². The predicted molar refractivity (Wildman–Crippen MR) is 78.4 cm³/mol. The Bertz CT molecular complexity index is 140. The molecular weight excluding hydrogens is 211 g/mol. The molecule has 0 N–H and O–H groups in total. The number of unbranched alkanes of at least 4 members (excludes halogenated alkanes) is 8. The van der Waals surface area contributed by atoms with Crippen molar-refractivity contribution in [2.75, 3.05) is 6.16 Å². The molecule has 0 bridgehead atoms. The number of rotatable bonds is 12. The third-order valence-electron chi connectivity index (χ3n) is 2.81. The van der Waals surface area contributed by atoms with Crippen molar-refractivity contribution in [2.45, 2.75) is 78.1 Å². The summed E-state index contributed by atoms with van der Waals surface area (Å²) in [4.78, 5) is 0. The van der Waals surface area contributed by atoms with E-state index >= 15 is 0 Å². The number of hydrogen-bond donors (Lipinski definition) is 0. The van der Waals surface area contributed by atoms with Gasteiger partial charge in [0.25, 0.3) is 0 Å². The predicted octanol–water partition coefficient (Wildman–Crippen LogP) is 6.39. The Morgan fingerprint density at radius 2 is 1.38 bits per heavy atom. The van der Waals surface area contributed by atoms with Gasteiger partial charge in [-0.05, 0) is 19.0 Å². The number of allylic oxidation sites excluding steroid dienone is 1. The average Bonchev–Trinajstić information content (AvgIpc) is 2.31. The summed E-state index contributed by atoms with van der Waals surface area (Å²) in [6.45, 7) is 4.52. The molecule has 0 unspecified atom stereocenters. The molecule has 0 aromatic rings. The van der Waals surface area contributed by atoms with Crippen LogP contribution in [0.2, 0.25) is 0 Å². The van der Waals surface area contributed by atoms with E-state index in [9.17, 15) is 0 Å². The van der Waals surface area contributed by atoms with E-state index in [1.54, 1.807) is 0 Å². The summed E-state index contributed by atoms with van der Waals surface area (Å²) in [5.74, 6) is 2.34. The van der Waals surface area contributed by atoms with Crippen LogP contribution < -0.4 is 0 Å². The highest BCUT2D eigenvalue weighted by Gasteiger charge is 1.91. The van der Waals surface area contributed by atoms with Crippen molar-refractivity contribution < 1.29 is 0 Å². The van der Waals surface area contributed by atoms with Crippen LogP contribution in [-0.2, 0) is 0 Å². The van der Waals surface area contributed by atoms with Crippen LogP contribution in [0.4, 0.5) is 0 Å². The molecule has 0 aliphatic heterocycles. The molecule has 0 fully saturated rings. The molecule has 1 heteroatoms. The fourth-order valence-corrected chi connectivity index (χ4v) is 2.58. The third-order valence-corrected chi connectivity index (χ3v) is 3.80. The Labute approximate surface area is 105 Å². The first kappa shape index (κ1) is 16.2. The molecule has 0 spiro atoms. The molecule has 0 aromatic heterocycles. The highest BCUT2D eigenvalue weighted by atomic mass is 31.1. The summed E-state index contributed by atoms with van der Waals surface area (Å²) < 4.78 is 0. The Balaban J connectivity index is 2.93. The van der Waals surface area contributed by atoms with Gasteiger partial charge in [-0.15, -0.1) is 0 Å². The van der Waals surface area contributed by atoms with Gasteiger partial charge in [-0.3, -0.25) is 0 Å². The molecule has 0 nitrogen and oxygen atoms in total. The Morgan fingerprint density at radius 1 is 0.750 bits per heavy atom. The molecule has 0 rings (SSSR count).